The molecule has 3 nitrogen and oxygen atoms in total. The predicted molar refractivity (Wildman–Crippen MR) is 64.3 cm³/mol. The van der Waals surface area contributed by atoms with Gasteiger partial charge in [0, 0.05) is 19.7 Å². The fourth-order valence-corrected chi connectivity index (χ4v) is 2.39. The third-order valence-electron chi connectivity index (χ3n) is 3.43. The summed E-state index contributed by atoms with van der Waals surface area (Å²) in [6.45, 7) is 7.86. The van der Waals surface area contributed by atoms with E-state index in [4.69, 9.17) is 4.74 Å². The molecule has 1 saturated heterocycles. The molecule has 0 amide bonds. The van der Waals surface area contributed by atoms with Crippen LogP contribution in [0.2, 0.25) is 0 Å². The Kier molecular flexibility index (Phi) is 6.22. The van der Waals surface area contributed by atoms with Gasteiger partial charge in [-0.15, -0.1) is 0 Å². The Hall–Kier alpha value is -0.120. The average Bonchev–Trinajstić information content (AvgIpc) is 2.45. The van der Waals surface area contributed by atoms with E-state index in [0.29, 0.717) is 0 Å². The highest BCUT2D eigenvalue weighted by molar-refractivity contribution is 4.76. The van der Waals surface area contributed by atoms with E-state index in [1.807, 2.05) is 0 Å². The molecule has 0 spiro atoms. The van der Waals surface area contributed by atoms with Gasteiger partial charge in [-0.1, -0.05) is 6.92 Å². The summed E-state index contributed by atoms with van der Waals surface area (Å²) in [5.41, 5.74) is 0. The Morgan fingerprint density at radius 2 is 2.13 bits per heavy atom. The Balaban J connectivity index is 2.37. The van der Waals surface area contributed by atoms with Crippen LogP contribution >= 0.6 is 0 Å². The molecule has 0 N–H and O–H groups in total. The maximum absolute atomic E-state index is 5.17. The first-order valence-corrected chi connectivity index (χ1v) is 6.19. The molecular formula is C12H26N2O. The second-order valence-electron chi connectivity index (χ2n) is 4.51. The zero-order chi connectivity index (χ0) is 11.1. The number of likely N-dealkylation sites (tertiary alicyclic amines) is 1. The first kappa shape index (κ1) is 12.9. The number of ether oxygens (including phenoxy) is 1. The van der Waals surface area contributed by atoms with Crippen LogP contribution in [0.15, 0.2) is 0 Å². The SMILES string of the molecule is CCN(CCOC)C1CCCN(C)CC1. The van der Waals surface area contributed by atoms with Crippen LogP contribution in [0.4, 0.5) is 0 Å². The van der Waals surface area contributed by atoms with Crippen LogP contribution in [0, 0.1) is 0 Å². The van der Waals surface area contributed by atoms with E-state index in [-0.39, 0.29) is 0 Å². The molecule has 0 saturated carbocycles. The molecule has 0 aromatic carbocycles. The Bertz CT molecular complexity index is 164. The molecule has 1 atom stereocenters. The van der Waals surface area contributed by atoms with Crippen LogP contribution in [-0.4, -0.2) is 62.8 Å². The van der Waals surface area contributed by atoms with E-state index < -0.39 is 0 Å². The molecular weight excluding hydrogens is 188 g/mol. The quantitative estimate of drug-likeness (QED) is 0.689. The van der Waals surface area contributed by atoms with Gasteiger partial charge in [0.2, 0.25) is 0 Å². The van der Waals surface area contributed by atoms with Crippen LogP contribution in [0.3, 0.4) is 0 Å². The molecule has 0 radical (unpaired) electrons. The molecule has 0 bridgehead atoms. The first-order chi connectivity index (χ1) is 7.27. The summed E-state index contributed by atoms with van der Waals surface area (Å²) in [6.07, 6.45) is 4.00. The molecule has 0 aliphatic carbocycles. The van der Waals surface area contributed by atoms with Crippen LogP contribution in [-0.2, 0) is 4.74 Å². The number of rotatable bonds is 5. The van der Waals surface area contributed by atoms with E-state index in [1.165, 1.54) is 32.4 Å². The Labute approximate surface area is 94.4 Å². The van der Waals surface area contributed by atoms with Crippen molar-refractivity contribution in [3.63, 3.8) is 0 Å². The van der Waals surface area contributed by atoms with Crippen molar-refractivity contribution >= 4 is 0 Å². The summed E-state index contributed by atoms with van der Waals surface area (Å²) in [7, 11) is 4.02. The average molecular weight is 214 g/mol. The molecule has 90 valence electrons. The van der Waals surface area contributed by atoms with Crippen LogP contribution in [0.25, 0.3) is 0 Å². The van der Waals surface area contributed by atoms with Gasteiger partial charge in [0.05, 0.1) is 6.61 Å². The van der Waals surface area contributed by atoms with E-state index in [9.17, 15) is 0 Å². The van der Waals surface area contributed by atoms with Gasteiger partial charge in [0.15, 0.2) is 0 Å². The fraction of sp³-hybridized carbons (Fsp3) is 1.00. The van der Waals surface area contributed by atoms with Crippen molar-refractivity contribution in [1.82, 2.24) is 9.80 Å². The number of methoxy groups -OCH3 is 1. The maximum Gasteiger partial charge on any atom is 0.0589 e. The summed E-state index contributed by atoms with van der Waals surface area (Å²) in [5, 5.41) is 0. The molecule has 3 heteroatoms. The molecule has 1 aliphatic heterocycles. The van der Waals surface area contributed by atoms with Gasteiger partial charge < -0.3 is 9.64 Å². The van der Waals surface area contributed by atoms with Crippen LogP contribution in [0.1, 0.15) is 26.2 Å². The third kappa shape index (κ3) is 4.49. The van der Waals surface area contributed by atoms with E-state index in [2.05, 4.69) is 23.8 Å². The third-order valence-corrected chi connectivity index (χ3v) is 3.43. The lowest BCUT2D eigenvalue weighted by Crippen LogP contribution is -2.38. The summed E-state index contributed by atoms with van der Waals surface area (Å²) in [5.74, 6) is 0. The molecule has 0 aromatic heterocycles. The minimum atomic E-state index is 0.773. The topological polar surface area (TPSA) is 15.7 Å². The second kappa shape index (κ2) is 7.20. The van der Waals surface area contributed by atoms with E-state index in [1.54, 1.807) is 7.11 Å². The number of hydrogen-bond acceptors (Lipinski definition) is 3. The summed E-state index contributed by atoms with van der Waals surface area (Å²) in [4.78, 5) is 5.02. The molecule has 15 heavy (non-hydrogen) atoms. The van der Waals surface area contributed by atoms with Crippen molar-refractivity contribution < 1.29 is 4.74 Å². The summed E-state index contributed by atoms with van der Waals surface area (Å²) in [6, 6.07) is 0.773. The Morgan fingerprint density at radius 1 is 1.33 bits per heavy atom. The van der Waals surface area contributed by atoms with Gasteiger partial charge in [-0.3, -0.25) is 4.90 Å². The van der Waals surface area contributed by atoms with Gasteiger partial charge in [0.25, 0.3) is 0 Å². The molecule has 0 aromatic rings. The normalized spacial score (nSPS) is 24.4. The molecule has 1 aliphatic rings. The first-order valence-electron chi connectivity index (χ1n) is 6.19. The summed E-state index contributed by atoms with van der Waals surface area (Å²) < 4.78 is 5.17. The zero-order valence-electron chi connectivity index (χ0n) is 10.5. The highest BCUT2D eigenvalue weighted by Crippen LogP contribution is 2.15. The lowest BCUT2D eigenvalue weighted by molar-refractivity contribution is 0.117. The van der Waals surface area contributed by atoms with Crippen LogP contribution in [0.5, 0.6) is 0 Å². The van der Waals surface area contributed by atoms with Gasteiger partial charge >= 0.3 is 0 Å². The lowest BCUT2D eigenvalue weighted by atomic mass is 10.1. The molecule has 1 rings (SSSR count). The van der Waals surface area contributed by atoms with Gasteiger partial charge in [-0.2, -0.15) is 0 Å². The van der Waals surface area contributed by atoms with Gasteiger partial charge in [0.1, 0.15) is 0 Å². The van der Waals surface area contributed by atoms with Gasteiger partial charge in [-0.25, -0.2) is 0 Å². The van der Waals surface area contributed by atoms with Crippen molar-refractivity contribution in [1.29, 1.82) is 0 Å². The molecule has 1 heterocycles. The minimum Gasteiger partial charge on any atom is -0.383 e. The van der Waals surface area contributed by atoms with Crippen molar-refractivity contribution in [2.45, 2.75) is 32.2 Å². The second-order valence-corrected chi connectivity index (χ2v) is 4.51. The van der Waals surface area contributed by atoms with Crippen molar-refractivity contribution in [3.05, 3.63) is 0 Å². The smallest absolute Gasteiger partial charge is 0.0589 e. The number of hydrogen-bond donors (Lipinski definition) is 0. The highest BCUT2D eigenvalue weighted by Gasteiger charge is 2.19. The monoisotopic (exact) mass is 214 g/mol. The Morgan fingerprint density at radius 3 is 2.80 bits per heavy atom. The summed E-state index contributed by atoms with van der Waals surface area (Å²) >= 11 is 0. The van der Waals surface area contributed by atoms with Crippen LogP contribution < -0.4 is 0 Å². The molecule has 1 unspecified atom stereocenters. The van der Waals surface area contributed by atoms with Gasteiger partial charge in [-0.05, 0) is 45.9 Å². The predicted octanol–water partition coefficient (Wildman–Crippen LogP) is 1.44. The number of nitrogens with zero attached hydrogens (tertiary/aromatic N) is 2. The van der Waals surface area contributed by atoms with E-state index >= 15 is 0 Å². The lowest BCUT2D eigenvalue weighted by Gasteiger charge is -2.29. The van der Waals surface area contributed by atoms with Crippen molar-refractivity contribution in [3.8, 4) is 0 Å². The molecule has 1 fully saturated rings. The largest absolute Gasteiger partial charge is 0.383 e. The fourth-order valence-electron chi connectivity index (χ4n) is 2.39. The maximum atomic E-state index is 5.17. The van der Waals surface area contributed by atoms with E-state index in [0.717, 1.165) is 25.7 Å². The minimum absolute atomic E-state index is 0.773. The standard InChI is InChI=1S/C12H26N2O/c1-4-14(10-11-15-3)12-6-5-8-13(2)9-7-12/h12H,4-11H2,1-3H3. The van der Waals surface area contributed by atoms with Crippen molar-refractivity contribution in [2.24, 2.45) is 0 Å². The highest BCUT2D eigenvalue weighted by atomic mass is 16.5. The van der Waals surface area contributed by atoms with Crippen molar-refractivity contribution in [2.75, 3.05) is 46.9 Å². The zero-order valence-corrected chi connectivity index (χ0v) is 10.5. The number of likely N-dealkylation sites (N-methyl/N-ethyl adjacent to an activating group) is 1.